The molecule has 0 aliphatic rings. The normalized spacial score (nSPS) is 10.6. The van der Waals surface area contributed by atoms with Gasteiger partial charge in [0.2, 0.25) is 0 Å². The van der Waals surface area contributed by atoms with Gasteiger partial charge in [0, 0.05) is 26.7 Å². The molecule has 0 atom stereocenters. The van der Waals surface area contributed by atoms with Crippen LogP contribution < -0.4 is 5.73 Å². The van der Waals surface area contributed by atoms with Crippen LogP contribution in [0, 0.1) is 19.3 Å². The summed E-state index contributed by atoms with van der Waals surface area (Å²) in [6.07, 6.45) is 1.98. The smallest absolute Gasteiger partial charge is 0.192 e. The number of nitrogens with zero attached hydrogens (tertiary/aromatic N) is 2. The molecule has 0 aliphatic carbocycles. The second-order valence-electron chi connectivity index (χ2n) is 4.28. The van der Waals surface area contributed by atoms with E-state index in [1.807, 2.05) is 44.4 Å². The van der Waals surface area contributed by atoms with Crippen LogP contribution in [0.15, 0.2) is 39.2 Å². The molecule has 0 aliphatic heterocycles. The van der Waals surface area contributed by atoms with E-state index >= 15 is 0 Å². The Morgan fingerprint density at radius 1 is 1.15 bits per heavy atom. The van der Waals surface area contributed by atoms with Crippen molar-refractivity contribution in [2.45, 2.75) is 28.8 Å². The highest BCUT2D eigenvalue weighted by Gasteiger charge is 2.13. The van der Waals surface area contributed by atoms with Crippen molar-refractivity contribution < 1.29 is 0 Å². The van der Waals surface area contributed by atoms with Crippen molar-refractivity contribution >= 4 is 29.4 Å². The highest BCUT2D eigenvalue weighted by atomic mass is 32.2. The molecule has 1 aromatic heterocycles. The van der Waals surface area contributed by atoms with Crippen molar-refractivity contribution in [1.82, 2.24) is 9.97 Å². The van der Waals surface area contributed by atoms with E-state index in [-0.39, 0.29) is 5.84 Å². The maximum absolute atomic E-state index is 7.78. The molecule has 0 spiro atoms. The van der Waals surface area contributed by atoms with Gasteiger partial charge in [-0.05, 0) is 50.1 Å². The lowest BCUT2D eigenvalue weighted by atomic mass is 10.2. The number of nitrogens with one attached hydrogen (secondary N) is 1. The number of benzene rings is 1. The zero-order valence-corrected chi connectivity index (χ0v) is 13.2. The van der Waals surface area contributed by atoms with E-state index in [9.17, 15) is 0 Å². The third kappa shape index (κ3) is 3.32. The highest BCUT2D eigenvalue weighted by Crippen LogP contribution is 2.33. The van der Waals surface area contributed by atoms with Crippen molar-refractivity contribution in [2.24, 2.45) is 5.73 Å². The zero-order chi connectivity index (χ0) is 14.7. The number of hydrogen-bond acceptors (Lipinski definition) is 5. The third-order valence-corrected chi connectivity index (χ3v) is 4.35. The van der Waals surface area contributed by atoms with Crippen LogP contribution in [0.3, 0.4) is 0 Å². The molecule has 4 nitrogen and oxygen atoms in total. The van der Waals surface area contributed by atoms with E-state index < -0.39 is 0 Å². The molecule has 104 valence electrons. The number of aryl methyl sites for hydroxylation is 2. The Labute approximate surface area is 127 Å². The Kier molecular flexibility index (Phi) is 4.67. The van der Waals surface area contributed by atoms with Crippen molar-refractivity contribution in [1.29, 1.82) is 5.41 Å². The number of rotatable bonds is 4. The molecule has 0 bridgehead atoms. The SMILES string of the molecule is CSc1cccc(Sc2nc(C)cc(C)n2)c1C(=N)N. The molecule has 20 heavy (non-hydrogen) atoms. The Bertz CT molecular complexity index is 635. The predicted molar refractivity (Wildman–Crippen MR) is 84.9 cm³/mol. The van der Waals surface area contributed by atoms with Gasteiger partial charge in [0.25, 0.3) is 0 Å². The molecule has 0 radical (unpaired) electrons. The first-order valence-corrected chi connectivity index (χ1v) is 8.07. The molecule has 6 heteroatoms. The van der Waals surface area contributed by atoms with Crippen LogP contribution in [-0.2, 0) is 0 Å². The Morgan fingerprint density at radius 2 is 1.75 bits per heavy atom. The van der Waals surface area contributed by atoms with Crippen molar-refractivity contribution in [3.8, 4) is 0 Å². The summed E-state index contributed by atoms with van der Waals surface area (Å²) < 4.78 is 0. The first kappa shape index (κ1) is 14.9. The largest absolute Gasteiger partial charge is 0.384 e. The first-order valence-electron chi connectivity index (χ1n) is 6.03. The summed E-state index contributed by atoms with van der Waals surface area (Å²) in [5.74, 6) is 0.0711. The number of aromatic nitrogens is 2. The number of amidine groups is 1. The summed E-state index contributed by atoms with van der Waals surface area (Å²) in [5.41, 5.74) is 8.35. The maximum Gasteiger partial charge on any atom is 0.192 e. The van der Waals surface area contributed by atoms with Crippen LogP contribution in [0.25, 0.3) is 0 Å². The van der Waals surface area contributed by atoms with E-state index in [0.717, 1.165) is 26.7 Å². The lowest BCUT2D eigenvalue weighted by molar-refractivity contribution is 0.901. The topological polar surface area (TPSA) is 75.7 Å². The lowest BCUT2D eigenvalue weighted by Crippen LogP contribution is -2.13. The van der Waals surface area contributed by atoms with E-state index in [4.69, 9.17) is 11.1 Å². The highest BCUT2D eigenvalue weighted by molar-refractivity contribution is 7.99. The molecule has 2 rings (SSSR count). The zero-order valence-electron chi connectivity index (χ0n) is 11.6. The predicted octanol–water partition coefficient (Wildman–Crippen LogP) is 3.25. The van der Waals surface area contributed by atoms with Gasteiger partial charge in [-0.1, -0.05) is 6.07 Å². The van der Waals surface area contributed by atoms with Crippen molar-refractivity contribution in [2.75, 3.05) is 6.26 Å². The van der Waals surface area contributed by atoms with E-state index in [1.54, 1.807) is 11.8 Å². The monoisotopic (exact) mass is 304 g/mol. The first-order chi connectivity index (χ1) is 9.51. The van der Waals surface area contributed by atoms with Gasteiger partial charge in [-0.25, -0.2) is 9.97 Å². The van der Waals surface area contributed by atoms with Gasteiger partial charge in [0.15, 0.2) is 5.16 Å². The van der Waals surface area contributed by atoms with E-state index in [1.165, 1.54) is 11.8 Å². The summed E-state index contributed by atoms with van der Waals surface area (Å²) in [5, 5.41) is 8.46. The van der Waals surface area contributed by atoms with E-state index in [0.29, 0.717) is 5.16 Å². The molecule has 0 fully saturated rings. The summed E-state index contributed by atoms with van der Waals surface area (Å²) >= 11 is 3.02. The fourth-order valence-corrected chi connectivity index (χ4v) is 3.62. The standard InChI is InChI=1S/C14H16N4S2/c1-8-7-9(2)18-14(17-8)20-11-6-4-5-10(19-3)12(11)13(15)16/h4-7H,1-3H3,(H3,15,16). The molecule has 1 aromatic carbocycles. The van der Waals surface area contributed by atoms with Crippen LogP contribution >= 0.6 is 23.5 Å². The molecule has 0 saturated carbocycles. The van der Waals surface area contributed by atoms with Gasteiger partial charge in [0.1, 0.15) is 5.84 Å². The lowest BCUT2D eigenvalue weighted by Gasteiger charge is -2.11. The summed E-state index contributed by atoms with van der Waals surface area (Å²) in [4.78, 5) is 10.7. The number of thioether (sulfide) groups is 1. The van der Waals surface area contributed by atoms with Crippen LogP contribution in [0.2, 0.25) is 0 Å². The molecular formula is C14H16N4S2. The quantitative estimate of drug-likeness (QED) is 0.392. The van der Waals surface area contributed by atoms with Crippen LogP contribution in [0.1, 0.15) is 17.0 Å². The van der Waals surface area contributed by atoms with Crippen molar-refractivity contribution in [3.05, 3.63) is 41.2 Å². The molecule has 3 N–H and O–H groups in total. The van der Waals surface area contributed by atoms with Gasteiger partial charge in [0.05, 0.1) is 0 Å². The Balaban J connectivity index is 2.45. The maximum atomic E-state index is 7.78. The molecule has 0 saturated heterocycles. The fourth-order valence-electron chi connectivity index (χ4n) is 1.87. The van der Waals surface area contributed by atoms with Gasteiger partial charge in [-0.2, -0.15) is 0 Å². The fraction of sp³-hybridized carbons (Fsp3) is 0.214. The molecule has 2 aromatic rings. The van der Waals surface area contributed by atoms with Gasteiger partial charge in [-0.3, -0.25) is 5.41 Å². The molecule has 1 heterocycles. The minimum atomic E-state index is 0.0711. The Morgan fingerprint density at radius 3 is 2.30 bits per heavy atom. The van der Waals surface area contributed by atoms with E-state index in [2.05, 4.69) is 9.97 Å². The van der Waals surface area contributed by atoms with Gasteiger partial charge in [-0.15, -0.1) is 11.8 Å². The minimum Gasteiger partial charge on any atom is -0.384 e. The average molecular weight is 304 g/mol. The number of hydrogen-bond donors (Lipinski definition) is 2. The minimum absolute atomic E-state index is 0.0711. The number of nitrogens with two attached hydrogens (primary N) is 1. The summed E-state index contributed by atoms with van der Waals surface area (Å²) in [6, 6.07) is 7.81. The second kappa shape index (κ2) is 6.28. The number of nitrogen functional groups attached to an aromatic ring is 1. The molecule has 0 amide bonds. The second-order valence-corrected chi connectivity index (χ2v) is 6.14. The summed E-state index contributed by atoms with van der Waals surface area (Å²) in [6.45, 7) is 3.89. The molecule has 0 unspecified atom stereocenters. The molecular weight excluding hydrogens is 288 g/mol. The van der Waals surface area contributed by atoms with Crippen molar-refractivity contribution in [3.63, 3.8) is 0 Å². The average Bonchev–Trinajstić information content (AvgIpc) is 2.36. The van der Waals surface area contributed by atoms with Crippen LogP contribution in [0.4, 0.5) is 0 Å². The third-order valence-electron chi connectivity index (χ3n) is 2.64. The van der Waals surface area contributed by atoms with Gasteiger partial charge < -0.3 is 5.73 Å². The van der Waals surface area contributed by atoms with Crippen LogP contribution in [0.5, 0.6) is 0 Å². The Hall–Kier alpha value is -1.53. The van der Waals surface area contributed by atoms with Crippen LogP contribution in [-0.4, -0.2) is 22.1 Å². The summed E-state index contributed by atoms with van der Waals surface area (Å²) in [7, 11) is 0. The van der Waals surface area contributed by atoms with Gasteiger partial charge >= 0.3 is 0 Å².